The zero-order valence-electron chi connectivity index (χ0n) is 12.5. The Kier molecular flexibility index (Phi) is 10.1. The highest BCUT2D eigenvalue weighted by molar-refractivity contribution is 5.85. The minimum atomic E-state index is 0. The number of nitrogens with zero attached hydrogens (tertiary/aromatic N) is 1. The maximum absolute atomic E-state index is 12.3. The Morgan fingerprint density at radius 1 is 1.35 bits per heavy atom. The molecule has 0 aliphatic heterocycles. The fourth-order valence-corrected chi connectivity index (χ4v) is 2.01. The summed E-state index contributed by atoms with van der Waals surface area (Å²) in [4.78, 5) is 14.1. The lowest BCUT2D eigenvalue weighted by atomic mass is 10.1. The van der Waals surface area contributed by atoms with Crippen LogP contribution in [0, 0.1) is 0 Å². The van der Waals surface area contributed by atoms with Crippen molar-refractivity contribution in [2.45, 2.75) is 19.4 Å². The molecule has 0 aromatic heterocycles. The molecule has 114 valence electrons. The van der Waals surface area contributed by atoms with E-state index in [-0.39, 0.29) is 24.4 Å². The molecular formula is C15H25ClN2O2. The lowest BCUT2D eigenvalue weighted by Gasteiger charge is -2.29. The fourth-order valence-electron chi connectivity index (χ4n) is 2.01. The fraction of sp³-hybridized carbons (Fsp3) is 0.533. The number of methoxy groups -OCH3 is 1. The van der Waals surface area contributed by atoms with Crippen molar-refractivity contribution in [2.24, 2.45) is 0 Å². The highest BCUT2D eigenvalue weighted by atomic mass is 35.5. The average Bonchev–Trinajstić information content (AvgIpc) is 2.46. The Hall–Kier alpha value is -1.10. The molecule has 0 aliphatic carbocycles. The maximum atomic E-state index is 12.3. The highest BCUT2D eigenvalue weighted by Crippen LogP contribution is 2.20. The molecule has 0 spiro atoms. The number of hydrogen-bond donors (Lipinski definition) is 1. The molecule has 0 radical (unpaired) electrons. The molecule has 1 aromatic rings. The molecular weight excluding hydrogens is 276 g/mol. The van der Waals surface area contributed by atoms with Crippen LogP contribution in [0.2, 0.25) is 0 Å². The lowest BCUT2D eigenvalue weighted by molar-refractivity contribution is -0.134. The number of nitrogens with one attached hydrogen (secondary N) is 1. The first-order valence-electron chi connectivity index (χ1n) is 6.68. The molecule has 0 saturated carbocycles. The van der Waals surface area contributed by atoms with E-state index in [2.05, 4.69) is 24.4 Å². The van der Waals surface area contributed by atoms with Crippen LogP contribution < -0.4 is 5.32 Å². The summed E-state index contributed by atoms with van der Waals surface area (Å²) in [6, 6.07) is 10.2. The number of rotatable bonds is 8. The lowest BCUT2D eigenvalue weighted by Crippen LogP contribution is -2.37. The number of halogens is 1. The molecule has 0 heterocycles. The van der Waals surface area contributed by atoms with Crippen molar-refractivity contribution in [3.63, 3.8) is 0 Å². The van der Waals surface area contributed by atoms with E-state index in [1.54, 1.807) is 7.11 Å². The van der Waals surface area contributed by atoms with Gasteiger partial charge in [0.2, 0.25) is 5.91 Å². The van der Waals surface area contributed by atoms with E-state index < -0.39 is 0 Å². The summed E-state index contributed by atoms with van der Waals surface area (Å²) in [6.07, 6.45) is 0.511. The van der Waals surface area contributed by atoms with Crippen LogP contribution in [0.15, 0.2) is 30.3 Å². The van der Waals surface area contributed by atoms with Crippen LogP contribution in [0.3, 0.4) is 0 Å². The molecule has 4 nitrogen and oxygen atoms in total. The zero-order valence-corrected chi connectivity index (χ0v) is 13.3. The van der Waals surface area contributed by atoms with Gasteiger partial charge in [-0.2, -0.15) is 0 Å². The molecule has 1 rings (SSSR count). The summed E-state index contributed by atoms with van der Waals surface area (Å²) in [5.74, 6) is 0.155. The van der Waals surface area contributed by atoms with Gasteiger partial charge in [-0.15, -0.1) is 12.4 Å². The topological polar surface area (TPSA) is 41.6 Å². The Morgan fingerprint density at radius 2 is 2.00 bits per heavy atom. The van der Waals surface area contributed by atoms with Crippen LogP contribution in [0.25, 0.3) is 0 Å². The summed E-state index contributed by atoms with van der Waals surface area (Å²) < 4.78 is 5.10. The van der Waals surface area contributed by atoms with Crippen LogP contribution in [-0.2, 0) is 9.53 Å². The monoisotopic (exact) mass is 300 g/mol. The van der Waals surface area contributed by atoms with Crippen molar-refractivity contribution in [3.8, 4) is 0 Å². The number of hydrogen-bond acceptors (Lipinski definition) is 3. The Bertz CT molecular complexity index is 373. The highest BCUT2D eigenvalue weighted by Gasteiger charge is 2.20. The normalized spacial score (nSPS) is 11.6. The summed E-state index contributed by atoms with van der Waals surface area (Å²) >= 11 is 0. The molecule has 1 atom stereocenters. The largest absolute Gasteiger partial charge is 0.383 e. The second-order valence-corrected chi connectivity index (χ2v) is 4.52. The zero-order chi connectivity index (χ0) is 14.1. The third kappa shape index (κ3) is 5.90. The van der Waals surface area contributed by atoms with Crippen LogP contribution in [0.5, 0.6) is 0 Å². The van der Waals surface area contributed by atoms with Crippen LogP contribution >= 0.6 is 12.4 Å². The van der Waals surface area contributed by atoms with Gasteiger partial charge in [0.25, 0.3) is 0 Å². The third-order valence-corrected chi connectivity index (χ3v) is 3.20. The van der Waals surface area contributed by atoms with Gasteiger partial charge in [-0.25, -0.2) is 0 Å². The Balaban J connectivity index is 0.00000361. The smallest absolute Gasteiger partial charge is 0.224 e. The van der Waals surface area contributed by atoms with Crippen molar-refractivity contribution in [3.05, 3.63) is 35.9 Å². The number of carbonyl (C=O) groups excluding carboxylic acids is 1. The van der Waals surface area contributed by atoms with Gasteiger partial charge < -0.3 is 15.0 Å². The molecule has 5 heteroatoms. The van der Waals surface area contributed by atoms with Crippen molar-refractivity contribution < 1.29 is 9.53 Å². The molecule has 0 fully saturated rings. The maximum Gasteiger partial charge on any atom is 0.224 e. The van der Waals surface area contributed by atoms with E-state index >= 15 is 0 Å². The summed E-state index contributed by atoms with van der Waals surface area (Å²) in [7, 11) is 3.51. The van der Waals surface area contributed by atoms with Gasteiger partial charge in [-0.1, -0.05) is 30.3 Å². The quantitative estimate of drug-likeness (QED) is 0.801. The van der Waals surface area contributed by atoms with Gasteiger partial charge in [-0.3, -0.25) is 4.79 Å². The van der Waals surface area contributed by atoms with E-state index in [9.17, 15) is 4.79 Å². The second-order valence-electron chi connectivity index (χ2n) is 4.52. The minimum Gasteiger partial charge on any atom is -0.383 e. The van der Waals surface area contributed by atoms with Gasteiger partial charge in [0, 0.05) is 26.6 Å². The van der Waals surface area contributed by atoms with E-state index in [4.69, 9.17) is 4.74 Å². The first kappa shape index (κ1) is 18.9. The third-order valence-electron chi connectivity index (χ3n) is 3.20. The standard InChI is InChI=1S/C15H24N2O2.ClH/c1-13(14-7-5-4-6-8-14)17(11-12-19-3)15(18)9-10-16-2;/h4-8,13,16H,9-12H2,1-3H3;1H. The van der Waals surface area contributed by atoms with Crippen molar-refractivity contribution in [1.29, 1.82) is 0 Å². The van der Waals surface area contributed by atoms with E-state index in [1.807, 2.05) is 30.1 Å². The van der Waals surface area contributed by atoms with Gasteiger partial charge in [0.1, 0.15) is 0 Å². The molecule has 1 unspecified atom stereocenters. The number of ether oxygens (including phenoxy) is 1. The first-order valence-corrected chi connectivity index (χ1v) is 6.68. The Labute approximate surface area is 127 Å². The molecule has 0 bridgehead atoms. The van der Waals surface area contributed by atoms with E-state index in [1.165, 1.54) is 0 Å². The van der Waals surface area contributed by atoms with E-state index in [0.29, 0.717) is 26.1 Å². The summed E-state index contributed by atoms with van der Waals surface area (Å²) in [6.45, 7) is 3.93. The number of amides is 1. The SMILES string of the molecule is CNCCC(=O)N(CCOC)C(C)c1ccccc1.Cl. The van der Waals surface area contributed by atoms with Gasteiger partial charge in [0.15, 0.2) is 0 Å². The van der Waals surface area contributed by atoms with Crippen LogP contribution in [-0.4, -0.2) is 44.7 Å². The van der Waals surface area contributed by atoms with Gasteiger partial charge in [-0.05, 0) is 19.5 Å². The van der Waals surface area contributed by atoms with Crippen LogP contribution in [0.1, 0.15) is 24.9 Å². The molecule has 1 N–H and O–H groups in total. The van der Waals surface area contributed by atoms with E-state index in [0.717, 1.165) is 5.56 Å². The molecule has 1 amide bonds. The molecule has 20 heavy (non-hydrogen) atoms. The molecule has 0 aliphatic rings. The minimum absolute atomic E-state index is 0. The summed E-state index contributed by atoms with van der Waals surface area (Å²) in [5.41, 5.74) is 1.15. The number of benzene rings is 1. The average molecular weight is 301 g/mol. The summed E-state index contributed by atoms with van der Waals surface area (Å²) in [5, 5.41) is 3.01. The van der Waals surface area contributed by atoms with Crippen molar-refractivity contribution >= 4 is 18.3 Å². The van der Waals surface area contributed by atoms with Crippen molar-refractivity contribution in [2.75, 3.05) is 33.9 Å². The van der Waals surface area contributed by atoms with Gasteiger partial charge in [0.05, 0.1) is 12.6 Å². The molecule has 1 aromatic carbocycles. The Morgan fingerprint density at radius 3 is 2.55 bits per heavy atom. The predicted octanol–water partition coefficient (Wildman–Crippen LogP) is 2.25. The van der Waals surface area contributed by atoms with Gasteiger partial charge >= 0.3 is 0 Å². The second kappa shape index (κ2) is 10.7. The van der Waals surface area contributed by atoms with Crippen molar-refractivity contribution in [1.82, 2.24) is 10.2 Å². The predicted molar refractivity (Wildman–Crippen MR) is 84.2 cm³/mol. The molecule has 0 saturated heterocycles. The van der Waals surface area contributed by atoms with Crippen LogP contribution in [0.4, 0.5) is 0 Å². The number of carbonyl (C=O) groups is 1. The first-order chi connectivity index (χ1) is 9.20.